The molecule has 0 aliphatic carbocycles. The van der Waals surface area contributed by atoms with Gasteiger partial charge in [0, 0.05) is 37.0 Å². The molecule has 0 saturated heterocycles. The number of benzene rings is 3. The number of anilines is 2. The molecule has 0 aliphatic heterocycles. The summed E-state index contributed by atoms with van der Waals surface area (Å²) in [7, 11) is 6.12. The minimum atomic E-state index is -0.421. The van der Waals surface area contributed by atoms with Crippen molar-refractivity contribution in [1.82, 2.24) is 9.88 Å². The molecule has 5 nitrogen and oxygen atoms in total. The number of carbonyl (C=O) groups is 1. The zero-order valence-corrected chi connectivity index (χ0v) is 20.2. The van der Waals surface area contributed by atoms with Crippen LogP contribution in [0.2, 0.25) is 5.02 Å². The van der Waals surface area contributed by atoms with Crippen LogP contribution < -0.4 is 10.2 Å². The van der Waals surface area contributed by atoms with Crippen molar-refractivity contribution in [2.75, 3.05) is 44.4 Å². The van der Waals surface area contributed by atoms with Gasteiger partial charge in [-0.15, -0.1) is 0 Å². The predicted octanol–water partition coefficient (Wildman–Crippen LogP) is 6.01. The Balaban J connectivity index is 1.57. The molecule has 0 spiro atoms. The molecular weight excluding hydrogens is 459 g/mol. The number of thiazole rings is 1. The van der Waals surface area contributed by atoms with Crippen LogP contribution in [0.4, 0.5) is 15.2 Å². The van der Waals surface area contributed by atoms with Crippen molar-refractivity contribution in [2.24, 2.45) is 0 Å². The van der Waals surface area contributed by atoms with Crippen molar-refractivity contribution in [3.8, 4) is 11.1 Å². The number of aromatic nitrogens is 1. The Morgan fingerprint density at radius 3 is 2.58 bits per heavy atom. The van der Waals surface area contributed by atoms with Crippen molar-refractivity contribution in [3.63, 3.8) is 0 Å². The number of nitrogens with zero attached hydrogens (tertiary/aromatic N) is 3. The average Bonchev–Trinajstić information content (AvgIpc) is 3.21. The van der Waals surface area contributed by atoms with Gasteiger partial charge in [0.2, 0.25) is 0 Å². The van der Waals surface area contributed by atoms with E-state index in [0.717, 1.165) is 28.4 Å². The topological polar surface area (TPSA) is 48.5 Å². The molecule has 1 amide bonds. The number of carbonyl (C=O) groups excluding carboxylic acids is 1. The summed E-state index contributed by atoms with van der Waals surface area (Å²) in [4.78, 5) is 22.1. The summed E-state index contributed by atoms with van der Waals surface area (Å²) < 4.78 is 14.5. The molecule has 33 heavy (non-hydrogen) atoms. The standard InChI is InChI=1S/C25H24ClFN4OS/c1-30(2)12-13-31(3)25-29-22-11-9-17(15-23(22)33-25)28-24(32)20-7-5-4-6-18(20)19-10-8-16(27)14-21(19)26/h4-11,14-15H,12-13H2,1-3H3,(H,28,32). The number of likely N-dealkylation sites (N-methyl/N-ethyl adjacent to an activating group) is 2. The maximum absolute atomic E-state index is 13.5. The minimum Gasteiger partial charge on any atom is -0.350 e. The number of hydrogen-bond donors (Lipinski definition) is 1. The molecule has 1 N–H and O–H groups in total. The summed E-state index contributed by atoms with van der Waals surface area (Å²) in [6, 6.07) is 17.0. The molecule has 1 heterocycles. The molecule has 0 fully saturated rings. The van der Waals surface area contributed by atoms with Crippen molar-refractivity contribution in [1.29, 1.82) is 0 Å². The van der Waals surface area contributed by atoms with Crippen molar-refractivity contribution in [2.45, 2.75) is 0 Å². The molecule has 170 valence electrons. The number of amides is 1. The van der Waals surface area contributed by atoms with Gasteiger partial charge in [-0.05, 0) is 62.1 Å². The SMILES string of the molecule is CN(C)CCN(C)c1nc2ccc(NC(=O)c3ccccc3-c3ccc(F)cc3Cl)cc2s1. The predicted molar refractivity (Wildman–Crippen MR) is 136 cm³/mol. The molecule has 4 rings (SSSR count). The van der Waals surface area contributed by atoms with E-state index in [0.29, 0.717) is 22.4 Å². The van der Waals surface area contributed by atoms with Gasteiger partial charge < -0.3 is 15.1 Å². The molecule has 4 aromatic rings. The van der Waals surface area contributed by atoms with E-state index in [1.54, 1.807) is 35.6 Å². The Morgan fingerprint density at radius 1 is 1.03 bits per heavy atom. The summed E-state index contributed by atoms with van der Waals surface area (Å²) in [5.74, 6) is -0.687. The van der Waals surface area contributed by atoms with E-state index in [1.165, 1.54) is 12.1 Å². The first-order chi connectivity index (χ1) is 15.8. The van der Waals surface area contributed by atoms with Crippen LogP contribution in [0.3, 0.4) is 0 Å². The quantitative estimate of drug-likeness (QED) is 0.350. The highest BCUT2D eigenvalue weighted by atomic mass is 35.5. The fourth-order valence-corrected chi connectivity index (χ4v) is 4.68. The fourth-order valence-electron chi connectivity index (χ4n) is 3.42. The van der Waals surface area contributed by atoms with Gasteiger partial charge in [0.25, 0.3) is 5.91 Å². The number of rotatable bonds is 7. The summed E-state index contributed by atoms with van der Waals surface area (Å²) in [5, 5.41) is 4.17. The lowest BCUT2D eigenvalue weighted by atomic mass is 9.99. The fraction of sp³-hybridized carbons (Fsp3) is 0.200. The number of hydrogen-bond acceptors (Lipinski definition) is 5. The van der Waals surface area contributed by atoms with Gasteiger partial charge in [0.15, 0.2) is 5.13 Å². The largest absolute Gasteiger partial charge is 0.350 e. The van der Waals surface area contributed by atoms with Crippen molar-refractivity contribution >= 4 is 49.9 Å². The summed E-state index contributed by atoms with van der Waals surface area (Å²) in [6.07, 6.45) is 0. The third-order valence-corrected chi connectivity index (χ3v) is 6.68. The van der Waals surface area contributed by atoms with E-state index in [4.69, 9.17) is 16.6 Å². The molecule has 0 unspecified atom stereocenters. The molecule has 0 saturated carbocycles. The molecule has 0 atom stereocenters. The molecular formula is C25H24ClFN4OS. The molecule has 8 heteroatoms. The van der Waals surface area contributed by atoms with E-state index in [2.05, 4.69) is 15.1 Å². The van der Waals surface area contributed by atoms with Crippen LogP contribution in [0.15, 0.2) is 60.7 Å². The Hall–Kier alpha value is -3.00. The minimum absolute atomic E-state index is 0.257. The van der Waals surface area contributed by atoms with Crippen LogP contribution in [0.25, 0.3) is 21.3 Å². The first-order valence-corrected chi connectivity index (χ1v) is 11.6. The monoisotopic (exact) mass is 482 g/mol. The Morgan fingerprint density at radius 2 is 1.82 bits per heavy atom. The van der Waals surface area contributed by atoms with Crippen molar-refractivity contribution in [3.05, 3.63) is 77.1 Å². The third-order valence-electron chi connectivity index (χ3n) is 5.24. The molecule has 1 aromatic heterocycles. The average molecular weight is 483 g/mol. The molecule has 3 aromatic carbocycles. The zero-order valence-electron chi connectivity index (χ0n) is 18.6. The highest BCUT2D eigenvalue weighted by Gasteiger charge is 2.16. The van der Waals surface area contributed by atoms with Gasteiger partial charge in [0.05, 0.1) is 15.2 Å². The van der Waals surface area contributed by atoms with E-state index in [9.17, 15) is 9.18 Å². The Labute approximate surface area is 201 Å². The zero-order chi connectivity index (χ0) is 23.5. The molecule has 0 aliphatic rings. The highest BCUT2D eigenvalue weighted by Crippen LogP contribution is 2.33. The molecule has 0 bridgehead atoms. The normalized spacial score (nSPS) is 11.2. The lowest BCUT2D eigenvalue weighted by molar-refractivity contribution is 0.102. The molecule has 0 radical (unpaired) electrons. The number of halogens is 2. The van der Waals surface area contributed by atoms with Gasteiger partial charge in [-0.25, -0.2) is 9.37 Å². The third kappa shape index (κ3) is 5.33. The summed E-state index contributed by atoms with van der Waals surface area (Å²) in [6.45, 7) is 1.81. The maximum Gasteiger partial charge on any atom is 0.256 e. The van der Waals surface area contributed by atoms with Crippen molar-refractivity contribution < 1.29 is 9.18 Å². The van der Waals surface area contributed by atoms with Crippen LogP contribution in [0.1, 0.15) is 10.4 Å². The van der Waals surface area contributed by atoms with Gasteiger partial charge in [0.1, 0.15) is 5.82 Å². The summed E-state index contributed by atoms with van der Waals surface area (Å²) in [5.41, 5.74) is 3.28. The first-order valence-electron chi connectivity index (χ1n) is 10.4. The van der Waals surface area contributed by atoms with Crippen LogP contribution in [-0.2, 0) is 0 Å². The smallest absolute Gasteiger partial charge is 0.256 e. The van der Waals surface area contributed by atoms with Gasteiger partial charge in [-0.1, -0.05) is 41.1 Å². The number of nitrogens with one attached hydrogen (secondary N) is 1. The first kappa shape index (κ1) is 23.2. The second-order valence-electron chi connectivity index (χ2n) is 8.03. The number of fused-ring (bicyclic) bond motifs is 1. The van der Waals surface area contributed by atoms with Gasteiger partial charge in [-0.3, -0.25) is 4.79 Å². The van der Waals surface area contributed by atoms with Crippen LogP contribution in [0.5, 0.6) is 0 Å². The Kier molecular flexibility index (Phi) is 6.93. The van der Waals surface area contributed by atoms with Crippen LogP contribution in [0, 0.1) is 5.82 Å². The second kappa shape index (κ2) is 9.87. The van der Waals surface area contributed by atoms with Crippen LogP contribution in [-0.4, -0.2) is 50.0 Å². The maximum atomic E-state index is 13.5. The van der Waals surface area contributed by atoms with E-state index in [1.807, 2.05) is 45.4 Å². The van der Waals surface area contributed by atoms with E-state index < -0.39 is 5.82 Å². The van der Waals surface area contributed by atoms with Gasteiger partial charge in [-0.2, -0.15) is 0 Å². The Bertz CT molecular complexity index is 1310. The highest BCUT2D eigenvalue weighted by molar-refractivity contribution is 7.22. The lowest BCUT2D eigenvalue weighted by Gasteiger charge is -2.18. The van der Waals surface area contributed by atoms with E-state index >= 15 is 0 Å². The van der Waals surface area contributed by atoms with Gasteiger partial charge >= 0.3 is 0 Å². The van der Waals surface area contributed by atoms with E-state index in [-0.39, 0.29) is 10.9 Å². The van der Waals surface area contributed by atoms with Crippen LogP contribution >= 0.6 is 22.9 Å². The second-order valence-corrected chi connectivity index (χ2v) is 9.44. The summed E-state index contributed by atoms with van der Waals surface area (Å²) >= 11 is 7.84. The lowest BCUT2D eigenvalue weighted by Crippen LogP contribution is -2.28.